The van der Waals surface area contributed by atoms with Gasteiger partial charge in [0.1, 0.15) is 0 Å². The molecule has 2 N–H and O–H groups in total. The molecule has 42 valence electrons. The van der Waals surface area contributed by atoms with Crippen LogP contribution in [0.2, 0.25) is 0 Å². The zero-order valence-electron chi connectivity index (χ0n) is 4.13. The molecule has 0 aliphatic carbocycles. The van der Waals surface area contributed by atoms with E-state index < -0.39 is 7.52 Å². The Kier molecular flexibility index (Phi) is 1.55. The van der Waals surface area contributed by atoms with Gasteiger partial charge in [-0.05, 0) is 5.38 Å². The molecule has 0 radical (unpaired) electrons. The molecule has 0 aliphatic heterocycles. The van der Waals surface area contributed by atoms with Crippen LogP contribution in [0.25, 0.3) is 0 Å². The summed E-state index contributed by atoms with van der Waals surface area (Å²) >= 11 is 0. The lowest BCUT2D eigenvalue weighted by atomic mass is 10.8. The second-order valence-electron chi connectivity index (χ2n) is 1.34. The Morgan fingerprint density at radius 2 is 2.50 bits per heavy atom. The zero-order valence-corrected chi connectivity index (χ0v) is 5.94. The van der Waals surface area contributed by atoms with Crippen LogP contribution in [0.5, 0.6) is 0 Å². The first-order chi connectivity index (χ1) is 3.80. The highest BCUT2D eigenvalue weighted by Crippen LogP contribution is 1.94. The van der Waals surface area contributed by atoms with Gasteiger partial charge in [-0.15, -0.1) is 0 Å². The quantitative estimate of drug-likeness (QED) is 0.578. The van der Waals surface area contributed by atoms with Crippen molar-refractivity contribution >= 4 is 23.8 Å². The van der Waals surface area contributed by atoms with Gasteiger partial charge >= 0.3 is 0 Å². The highest BCUT2D eigenvalue weighted by molar-refractivity contribution is 7.48. The normalized spacial score (nSPS) is 9.00. The summed E-state index contributed by atoms with van der Waals surface area (Å²) < 4.78 is 0. The first kappa shape index (κ1) is 5.65. The van der Waals surface area contributed by atoms with Crippen LogP contribution in [0.15, 0.2) is 17.1 Å². The van der Waals surface area contributed by atoms with Crippen molar-refractivity contribution < 1.29 is 4.79 Å². The van der Waals surface area contributed by atoms with E-state index in [-0.39, 0.29) is 5.53 Å². The van der Waals surface area contributed by atoms with Crippen molar-refractivity contribution in [2.24, 2.45) is 5.73 Å². The maximum Gasteiger partial charge on any atom is 0.225 e. The van der Waals surface area contributed by atoms with Gasteiger partial charge in [-0.25, -0.2) is 0 Å². The van der Waals surface area contributed by atoms with Gasteiger partial charge in [-0.3, -0.25) is 4.79 Å². The second kappa shape index (κ2) is 2.19. The Hall–Kier alpha value is -0.483. The first-order valence-corrected chi connectivity index (χ1v) is 5.32. The molecule has 0 atom stereocenters. The second-order valence-corrected chi connectivity index (χ2v) is 5.43. The third kappa shape index (κ3) is 1.02. The van der Waals surface area contributed by atoms with E-state index in [9.17, 15) is 4.79 Å². The number of hydrogen-bond donors (Lipinski definition) is 1. The van der Waals surface area contributed by atoms with Gasteiger partial charge in [0.05, 0.1) is 0 Å². The van der Waals surface area contributed by atoms with E-state index in [2.05, 4.69) is 0 Å². The van der Waals surface area contributed by atoms with Gasteiger partial charge in [-0.2, -0.15) is 10.8 Å². The van der Waals surface area contributed by atoms with Crippen molar-refractivity contribution in [1.29, 1.82) is 0 Å². The van der Waals surface area contributed by atoms with Crippen molar-refractivity contribution in [1.82, 2.24) is 0 Å². The van der Waals surface area contributed by atoms with Crippen LogP contribution in [-0.4, -0.2) is 13.1 Å². The lowest BCUT2D eigenvalue weighted by molar-refractivity contribution is 0.266. The van der Waals surface area contributed by atoms with E-state index in [1.54, 1.807) is 10.8 Å². The van der Waals surface area contributed by atoms with E-state index in [0.717, 1.165) is 0 Å². The zero-order chi connectivity index (χ0) is 5.98. The molecule has 1 amide bonds. The summed E-state index contributed by atoms with van der Waals surface area (Å²) in [6.45, 7) is 0. The molecule has 1 aromatic rings. The number of hydrogen-bond acceptors (Lipinski definition) is 2. The third-order valence-electron chi connectivity index (χ3n) is 0.764. The maximum absolute atomic E-state index is 10.4. The Morgan fingerprint density at radius 3 is 2.75 bits per heavy atom. The molecule has 0 aliphatic rings. The minimum absolute atomic E-state index is 0.162. The van der Waals surface area contributed by atoms with Crippen LogP contribution in [0.4, 0.5) is 4.79 Å². The average molecular weight is 143 g/mol. The minimum Gasteiger partial charge on any atom is -0.370 e. The SMILES string of the molecule is NC(=O)[si]1cccs1. The summed E-state index contributed by atoms with van der Waals surface area (Å²) in [5.74, 6) is 0. The molecular weight excluding hydrogens is 138 g/mol. The fourth-order valence-electron chi connectivity index (χ4n) is 0.419. The number of rotatable bonds is 1. The van der Waals surface area contributed by atoms with Crippen LogP contribution in [-0.2, 0) is 0 Å². The molecule has 0 saturated heterocycles. The fourth-order valence-corrected chi connectivity index (χ4v) is 2.99. The van der Waals surface area contributed by atoms with Gasteiger partial charge < -0.3 is 5.73 Å². The summed E-state index contributed by atoms with van der Waals surface area (Å²) in [6, 6.07) is 1.88. The number of primary amides is 1. The molecule has 8 heavy (non-hydrogen) atoms. The summed E-state index contributed by atoms with van der Waals surface area (Å²) in [5.41, 5.74) is 6.74. The van der Waals surface area contributed by atoms with Gasteiger partial charge in [0.15, 0.2) is 0 Å². The molecule has 0 unspecified atom stereocenters. The van der Waals surface area contributed by atoms with E-state index in [1.807, 2.05) is 17.1 Å². The summed E-state index contributed by atoms with van der Waals surface area (Å²) in [6.07, 6.45) is 0. The van der Waals surface area contributed by atoms with Crippen molar-refractivity contribution in [3.8, 4) is 0 Å². The molecular formula is C4H5NOSSi. The van der Waals surface area contributed by atoms with Crippen molar-refractivity contribution in [2.75, 3.05) is 0 Å². The highest BCUT2D eigenvalue weighted by Gasteiger charge is 1.98. The molecule has 1 heterocycles. The summed E-state index contributed by atoms with van der Waals surface area (Å²) in [7, 11) is 0.532. The molecule has 0 saturated carbocycles. The number of nitrogens with two attached hydrogens (primary N) is 1. The summed E-state index contributed by atoms with van der Waals surface area (Å²) in [5, 5.41) is 1.90. The molecule has 0 fully saturated rings. The molecule has 4 heteroatoms. The topological polar surface area (TPSA) is 43.1 Å². The fraction of sp³-hybridized carbons (Fsp3) is 0. The number of carbonyl (C=O) groups excluding carboxylic acids is 1. The predicted octanol–water partition coefficient (Wildman–Crippen LogP) is 0.701. The Labute approximate surface area is 52.1 Å². The smallest absolute Gasteiger partial charge is 0.225 e. The first-order valence-electron chi connectivity index (χ1n) is 2.14. The van der Waals surface area contributed by atoms with E-state index in [4.69, 9.17) is 5.73 Å². The van der Waals surface area contributed by atoms with Crippen molar-refractivity contribution in [3.63, 3.8) is 0 Å². The van der Waals surface area contributed by atoms with Crippen LogP contribution < -0.4 is 5.73 Å². The van der Waals surface area contributed by atoms with Crippen LogP contribution in [0.1, 0.15) is 0 Å². The monoisotopic (exact) mass is 143 g/mol. The molecule has 0 spiro atoms. The van der Waals surface area contributed by atoms with Gasteiger partial charge in [0.25, 0.3) is 0 Å². The van der Waals surface area contributed by atoms with Gasteiger partial charge in [0.2, 0.25) is 13.1 Å². The largest absolute Gasteiger partial charge is 0.370 e. The Balaban J connectivity index is 2.93. The predicted molar refractivity (Wildman–Crippen MR) is 35.2 cm³/mol. The van der Waals surface area contributed by atoms with Gasteiger partial charge in [0, 0.05) is 0 Å². The third-order valence-corrected chi connectivity index (χ3v) is 4.47. The Morgan fingerprint density at radius 1 is 1.75 bits per heavy atom. The summed E-state index contributed by atoms with van der Waals surface area (Å²) in [4.78, 5) is 10.4. The minimum atomic E-state index is -1.01. The number of amides is 1. The molecule has 1 aromatic heterocycles. The molecule has 1 rings (SSSR count). The standard InChI is InChI=1S/C4H5NOSSi/c5-4(6)8-3-1-2-7-8/h1-3H,(H2,5,6). The van der Waals surface area contributed by atoms with Crippen LogP contribution in [0, 0.1) is 0 Å². The van der Waals surface area contributed by atoms with Crippen molar-refractivity contribution in [3.05, 3.63) is 17.1 Å². The van der Waals surface area contributed by atoms with Crippen LogP contribution >= 0.6 is 10.8 Å². The van der Waals surface area contributed by atoms with E-state index in [1.165, 1.54) is 0 Å². The molecule has 2 nitrogen and oxygen atoms in total. The van der Waals surface area contributed by atoms with E-state index >= 15 is 0 Å². The molecule has 0 bridgehead atoms. The van der Waals surface area contributed by atoms with Crippen molar-refractivity contribution in [2.45, 2.75) is 0 Å². The average Bonchev–Trinajstić information content (AvgIpc) is 2.12. The number of carbonyl (C=O) groups is 1. The lowest BCUT2D eigenvalue weighted by Crippen LogP contribution is -2.16. The van der Waals surface area contributed by atoms with E-state index in [0.29, 0.717) is 0 Å². The maximum atomic E-state index is 10.4. The van der Waals surface area contributed by atoms with Crippen LogP contribution in [0.3, 0.4) is 0 Å². The Bertz CT molecular complexity index is 184. The van der Waals surface area contributed by atoms with Gasteiger partial charge in [-0.1, -0.05) is 11.7 Å². The highest BCUT2D eigenvalue weighted by atomic mass is 32.3. The lowest BCUT2D eigenvalue weighted by Gasteiger charge is -1.78. The molecule has 0 aromatic carbocycles.